The summed E-state index contributed by atoms with van der Waals surface area (Å²) in [6, 6.07) is 23.4. The highest BCUT2D eigenvalue weighted by Gasteiger charge is 2.18. The van der Waals surface area contributed by atoms with Crippen molar-refractivity contribution in [2.45, 2.75) is 12.7 Å². The van der Waals surface area contributed by atoms with Gasteiger partial charge in [-0.3, -0.25) is 14.4 Å². The number of amides is 2. The fourth-order valence-electron chi connectivity index (χ4n) is 3.12. The highest BCUT2D eigenvalue weighted by atomic mass is 19.3. The first-order valence-electron chi connectivity index (χ1n) is 10.3. The third-order valence-electron chi connectivity index (χ3n) is 4.65. The fourth-order valence-corrected chi connectivity index (χ4v) is 3.12. The Balaban J connectivity index is 1.50. The molecule has 0 radical (unpaired) electrons. The molecule has 0 aliphatic carbocycles. The Morgan fingerprint density at radius 3 is 2.03 bits per heavy atom. The number of rotatable bonds is 10. The van der Waals surface area contributed by atoms with Crippen LogP contribution in [0.5, 0.6) is 5.75 Å². The maximum absolute atomic E-state index is 12.4. The standard InChI is InChI=1S/C25H22F2N2O5/c26-25(27)34-20-13-7-12-19(14-20)24(32)28-15-22(31)33-16-21(30)29-23(17-8-3-1-4-9-17)18-10-5-2-6-11-18/h1-14,23,25H,15-16H2,(H,28,32)(H,29,30). The van der Waals surface area contributed by atoms with Crippen LogP contribution < -0.4 is 15.4 Å². The molecule has 0 bridgehead atoms. The molecule has 0 fully saturated rings. The summed E-state index contributed by atoms with van der Waals surface area (Å²) in [7, 11) is 0. The molecule has 2 N–H and O–H groups in total. The average Bonchev–Trinajstić information content (AvgIpc) is 2.85. The molecule has 0 spiro atoms. The van der Waals surface area contributed by atoms with Crippen molar-refractivity contribution in [3.8, 4) is 5.75 Å². The number of benzene rings is 3. The summed E-state index contributed by atoms with van der Waals surface area (Å²) < 4.78 is 33.8. The van der Waals surface area contributed by atoms with Crippen LogP contribution in [-0.2, 0) is 14.3 Å². The van der Waals surface area contributed by atoms with Crippen molar-refractivity contribution in [3.05, 3.63) is 102 Å². The van der Waals surface area contributed by atoms with Gasteiger partial charge in [-0.15, -0.1) is 0 Å². The van der Waals surface area contributed by atoms with Crippen molar-refractivity contribution in [2.24, 2.45) is 0 Å². The fraction of sp³-hybridized carbons (Fsp3) is 0.160. The van der Waals surface area contributed by atoms with E-state index < -0.39 is 43.6 Å². The number of nitrogens with one attached hydrogen (secondary N) is 2. The van der Waals surface area contributed by atoms with Gasteiger partial charge in [0.25, 0.3) is 11.8 Å². The van der Waals surface area contributed by atoms with Crippen LogP contribution in [0.15, 0.2) is 84.9 Å². The monoisotopic (exact) mass is 468 g/mol. The van der Waals surface area contributed by atoms with Crippen molar-refractivity contribution in [1.29, 1.82) is 0 Å². The van der Waals surface area contributed by atoms with E-state index >= 15 is 0 Å². The number of halogens is 2. The predicted molar refractivity (Wildman–Crippen MR) is 119 cm³/mol. The molecule has 0 saturated carbocycles. The second-order valence-corrected chi connectivity index (χ2v) is 7.07. The minimum Gasteiger partial charge on any atom is -0.454 e. The molecule has 0 saturated heterocycles. The van der Waals surface area contributed by atoms with E-state index in [0.717, 1.165) is 17.2 Å². The third-order valence-corrected chi connectivity index (χ3v) is 4.65. The normalized spacial score (nSPS) is 10.6. The lowest BCUT2D eigenvalue weighted by molar-refractivity contribution is -0.147. The van der Waals surface area contributed by atoms with Crippen LogP contribution in [0.3, 0.4) is 0 Å². The Morgan fingerprint density at radius 1 is 0.824 bits per heavy atom. The van der Waals surface area contributed by atoms with Crippen LogP contribution in [0.1, 0.15) is 27.5 Å². The summed E-state index contributed by atoms with van der Waals surface area (Å²) in [6.45, 7) is -4.07. The summed E-state index contributed by atoms with van der Waals surface area (Å²) in [4.78, 5) is 36.6. The van der Waals surface area contributed by atoms with E-state index in [-0.39, 0.29) is 11.3 Å². The molecule has 3 aromatic carbocycles. The van der Waals surface area contributed by atoms with E-state index in [4.69, 9.17) is 4.74 Å². The van der Waals surface area contributed by atoms with Crippen LogP contribution in [0, 0.1) is 0 Å². The van der Waals surface area contributed by atoms with Crippen LogP contribution in [0.2, 0.25) is 0 Å². The molecule has 0 aliphatic rings. The minimum atomic E-state index is -3.03. The third kappa shape index (κ3) is 7.40. The van der Waals surface area contributed by atoms with Crippen molar-refractivity contribution in [2.75, 3.05) is 13.2 Å². The van der Waals surface area contributed by atoms with Crippen molar-refractivity contribution in [3.63, 3.8) is 0 Å². The van der Waals surface area contributed by atoms with Gasteiger partial charge in [0.1, 0.15) is 12.3 Å². The summed E-state index contributed by atoms with van der Waals surface area (Å²) in [6.07, 6.45) is 0. The average molecular weight is 468 g/mol. The highest BCUT2D eigenvalue weighted by molar-refractivity contribution is 5.96. The van der Waals surface area contributed by atoms with E-state index in [1.165, 1.54) is 18.2 Å². The summed E-state index contributed by atoms with van der Waals surface area (Å²) in [5.74, 6) is -2.23. The lowest BCUT2D eigenvalue weighted by Crippen LogP contribution is -2.35. The molecule has 0 aromatic heterocycles. The molecule has 7 nitrogen and oxygen atoms in total. The van der Waals surface area contributed by atoms with Crippen LogP contribution >= 0.6 is 0 Å². The molecule has 34 heavy (non-hydrogen) atoms. The van der Waals surface area contributed by atoms with Gasteiger partial charge in [0.15, 0.2) is 6.61 Å². The SMILES string of the molecule is O=C(COC(=O)CNC(=O)c1cccc(OC(F)F)c1)NC(c1ccccc1)c1ccccc1. The second-order valence-electron chi connectivity index (χ2n) is 7.07. The molecule has 3 aromatic rings. The predicted octanol–water partition coefficient (Wildman–Crippen LogP) is 3.47. The molecule has 0 unspecified atom stereocenters. The van der Waals surface area contributed by atoms with E-state index in [0.29, 0.717) is 0 Å². The molecule has 176 valence electrons. The zero-order valence-electron chi connectivity index (χ0n) is 17.9. The van der Waals surface area contributed by atoms with Gasteiger partial charge in [-0.1, -0.05) is 66.7 Å². The molecule has 0 aliphatic heterocycles. The smallest absolute Gasteiger partial charge is 0.387 e. The number of carbonyl (C=O) groups is 3. The maximum atomic E-state index is 12.4. The number of carbonyl (C=O) groups excluding carboxylic acids is 3. The lowest BCUT2D eigenvalue weighted by Gasteiger charge is -2.20. The number of hydrogen-bond donors (Lipinski definition) is 2. The van der Waals surface area contributed by atoms with Gasteiger partial charge in [0.05, 0.1) is 6.04 Å². The number of ether oxygens (including phenoxy) is 2. The zero-order chi connectivity index (χ0) is 24.3. The van der Waals surface area contributed by atoms with Crippen molar-refractivity contribution in [1.82, 2.24) is 10.6 Å². The van der Waals surface area contributed by atoms with Gasteiger partial charge in [-0.2, -0.15) is 8.78 Å². The number of alkyl halides is 2. The van der Waals surface area contributed by atoms with Crippen LogP contribution in [0.25, 0.3) is 0 Å². The number of hydrogen-bond acceptors (Lipinski definition) is 5. The number of esters is 1. The van der Waals surface area contributed by atoms with E-state index in [1.807, 2.05) is 60.7 Å². The molecule has 9 heteroatoms. The molecule has 2 amide bonds. The zero-order valence-corrected chi connectivity index (χ0v) is 17.9. The minimum absolute atomic E-state index is 0.0252. The molecule has 0 atom stereocenters. The van der Waals surface area contributed by atoms with Gasteiger partial charge in [-0.05, 0) is 29.3 Å². The highest BCUT2D eigenvalue weighted by Crippen LogP contribution is 2.21. The molecule has 3 rings (SSSR count). The van der Waals surface area contributed by atoms with Gasteiger partial charge in [0.2, 0.25) is 0 Å². The largest absolute Gasteiger partial charge is 0.454 e. The van der Waals surface area contributed by atoms with Gasteiger partial charge < -0.3 is 20.1 Å². The first-order valence-corrected chi connectivity index (χ1v) is 10.3. The van der Waals surface area contributed by atoms with E-state index in [1.54, 1.807) is 0 Å². The Morgan fingerprint density at radius 2 is 1.44 bits per heavy atom. The first kappa shape index (κ1) is 24.4. The Labute approximate surface area is 194 Å². The van der Waals surface area contributed by atoms with Crippen LogP contribution in [-0.4, -0.2) is 37.5 Å². The van der Waals surface area contributed by atoms with E-state index in [9.17, 15) is 23.2 Å². The van der Waals surface area contributed by atoms with Crippen molar-refractivity contribution < 1.29 is 32.6 Å². The summed E-state index contributed by atoms with van der Waals surface area (Å²) >= 11 is 0. The lowest BCUT2D eigenvalue weighted by atomic mass is 9.99. The summed E-state index contributed by atoms with van der Waals surface area (Å²) in [5.41, 5.74) is 1.75. The Kier molecular flexibility index (Phi) is 8.67. The molecular formula is C25H22F2N2O5. The van der Waals surface area contributed by atoms with Gasteiger partial charge in [-0.25, -0.2) is 0 Å². The molecule has 0 heterocycles. The van der Waals surface area contributed by atoms with Crippen molar-refractivity contribution >= 4 is 17.8 Å². The summed E-state index contributed by atoms with van der Waals surface area (Å²) in [5, 5.41) is 5.15. The second kappa shape index (κ2) is 12.1. The van der Waals surface area contributed by atoms with Crippen LogP contribution in [0.4, 0.5) is 8.78 Å². The first-order chi connectivity index (χ1) is 16.4. The maximum Gasteiger partial charge on any atom is 0.387 e. The molecular weight excluding hydrogens is 446 g/mol. The van der Waals surface area contributed by atoms with Gasteiger partial charge >= 0.3 is 12.6 Å². The van der Waals surface area contributed by atoms with Gasteiger partial charge in [0, 0.05) is 5.56 Å². The quantitative estimate of drug-likeness (QED) is 0.445. The topological polar surface area (TPSA) is 93.7 Å². The Hall–Kier alpha value is -4.27. The Bertz CT molecular complexity index is 1070. The van der Waals surface area contributed by atoms with E-state index in [2.05, 4.69) is 15.4 Å².